The number of para-hydroxylation sites is 1. The van der Waals surface area contributed by atoms with Crippen LogP contribution in [0.4, 0.5) is 4.39 Å². The van der Waals surface area contributed by atoms with Crippen LogP contribution in [0.25, 0.3) is 0 Å². The van der Waals surface area contributed by atoms with Crippen LogP contribution in [0.5, 0.6) is 5.75 Å². The van der Waals surface area contributed by atoms with Gasteiger partial charge in [-0.05, 0) is 12.1 Å². The summed E-state index contributed by atoms with van der Waals surface area (Å²) in [4.78, 5) is 13.4. The fourth-order valence-corrected chi connectivity index (χ4v) is 1.31. The van der Waals surface area contributed by atoms with E-state index < -0.39 is 5.82 Å². The van der Waals surface area contributed by atoms with E-state index in [9.17, 15) is 9.18 Å². The van der Waals surface area contributed by atoms with Crippen molar-refractivity contribution in [2.75, 3.05) is 20.2 Å². The van der Waals surface area contributed by atoms with Gasteiger partial charge in [0.15, 0.2) is 18.2 Å². The Kier molecular flexibility index (Phi) is 5.51. The number of likely N-dealkylation sites (N-methyl/N-ethyl adjacent to an activating group) is 1. The average Bonchev–Trinajstić information content (AvgIpc) is 2.34. The summed E-state index contributed by atoms with van der Waals surface area (Å²) < 4.78 is 18.3. The molecule has 0 unspecified atom stereocenters. The molecule has 0 atom stereocenters. The lowest BCUT2D eigenvalue weighted by atomic mass is 10.3. The highest BCUT2D eigenvalue weighted by molar-refractivity contribution is 7.80. The summed E-state index contributed by atoms with van der Waals surface area (Å²) in [5, 5.41) is 0. The Morgan fingerprint density at radius 3 is 2.78 bits per heavy atom. The van der Waals surface area contributed by atoms with Crippen molar-refractivity contribution in [2.45, 2.75) is 6.42 Å². The van der Waals surface area contributed by atoms with Crippen LogP contribution in [0.2, 0.25) is 0 Å². The van der Waals surface area contributed by atoms with Gasteiger partial charge >= 0.3 is 0 Å². The molecule has 0 aliphatic rings. The second kappa shape index (κ2) is 6.90. The number of hydrogen-bond acceptors (Lipinski definition) is 3. The third-order valence-corrected chi connectivity index (χ3v) is 2.51. The number of carbonyl (C=O) groups excluding carboxylic acids is 1. The van der Waals surface area contributed by atoms with Crippen molar-refractivity contribution in [3.8, 4) is 5.75 Å². The standard InChI is InChI=1S/C12H15FN2O2S/c1-15(7-6-11(14)18)12(16)8-17-10-5-3-2-4-9(10)13/h2-5H,6-8H2,1H3,(H2,14,18). The highest BCUT2D eigenvalue weighted by atomic mass is 32.1. The summed E-state index contributed by atoms with van der Waals surface area (Å²) in [6, 6.07) is 5.94. The van der Waals surface area contributed by atoms with E-state index in [0.717, 1.165) is 0 Å². The topological polar surface area (TPSA) is 55.6 Å². The number of thiocarbonyl (C=S) groups is 1. The van der Waals surface area contributed by atoms with Gasteiger partial charge in [-0.3, -0.25) is 4.79 Å². The summed E-state index contributed by atoms with van der Waals surface area (Å²) in [6.07, 6.45) is 0.456. The summed E-state index contributed by atoms with van der Waals surface area (Å²) in [5.74, 6) is -0.681. The molecule has 1 rings (SSSR count). The fraction of sp³-hybridized carbons (Fsp3) is 0.333. The summed E-state index contributed by atoms with van der Waals surface area (Å²) >= 11 is 4.72. The molecule has 98 valence electrons. The van der Waals surface area contributed by atoms with Gasteiger partial charge in [-0.1, -0.05) is 24.4 Å². The van der Waals surface area contributed by atoms with Gasteiger partial charge in [-0.15, -0.1) is 0 Å². The Hall–Kier alpha value is -1.69. The third-order valence-electron chi connectivity index (χ3n) is 2.31. The van der Waals surface area contributed by atoms with Gasteiger partial charge in [0.25, 0.3) is 5.91 Å². The smallest absolute Gasteiger partial charge is 0.260 e. The maximum absolute atomic E-state index is 13.2. The zero-order chi connectivity index (χ0) is 13.5. The summed E-state index contributed by atoms with van der Waals surface area (Å²) in [7, 11) is 1.62. The van der Waals surface area contributed by atoms with Gasteiger partial charge in [-0.25, -0.2) is 4.39 Å². The van der Waals surface area contributed by atoms with Crippen LogP contribution in [-0.2, 0) is 4.79 Å². The molecule has 18 heavy (non-hydrogen) atoms. The molecule has 2 N–H and O–H groups in total. The van der Waals surface area contributed by atoms with Crippen LogP contribution in [0, 0.1) is 5.82 Å². The SMILES string of the molecule is CN(CCC(N)=S)C(=O)COc1ccccc1F. The second-order valence-electron chi connectivity index (χ2n) is 3.75. The number of rotatable bonds is 6. The van der Waals surface area contributed by atoms with Crippen LogP contribution in [-0.4, -0.2) is 36.0 Å². The molecule has 4 nitrogen and oxygen atoms in total. The first kappa shape index (κ1) is 14.4. The van der Waals surface area contributed by atoms with Gasteiger partial charge in [0.2, 0.25) is 0 Å². The first-order valence-corrected chi connectivity index (χ1v) is 5.81. The Bertz CT molecular complexity index is 440. The van der Waals surface area contributed by atoms with Crippen LogP contribution < -0.4 is 10.5 Å². The Balaban J connectivity index is 2.41. The van der Waals surface area contributed by atoms with E-state index in [2.05, 4.69) is 0 Å². The van der Waals surface area contributed by atoms with Gasteiger partial charge in [0.1, 0.15) is 0 Å². The fourth-order valence-electron chi connectivity index (χ4n) is 1.21. The van der Waals surface area contributed by atoms with E-state index in [0.29, 0.717) is 18.0 Å². The zero-order valence-corrected chi connectivity index (χ0v) is 10.9. The van der Waals surface area contributed by atoms with Crippen molar-refractivity contribution in [2.24, 2.45) is 5.73 Å². The van der Waals surface area contributed by atoms with E-state index in [1.54, 1.807) is 19.2 Å². The zero-order valence-electron chi connectivity index (χ0n) is 10.1. The molecule has 0 bridgehead atoms. The van der Waals surface area contributed by atoms with E-state index in [4.69, 9.17) is 22.7 Å². The number of hydrogen-bond donors (Lipinski definition) is 1. The molecule has 0 spiro atoms. The molecule has 0 heterocycles. The van der Waals surface area contributed by atoms with E-state index in [-0.39, 0.29) is 18.3 Å². The number of amides is 1. The van der Waals surface area contributed by atoms with Crippen LogP contribution in [0.15, 0.2) is 24.3 Å². The van der Waals surface area contributed by atoms with Crippen molar-refractivity contribution in [3.63, 3.8) is 0 Å². The highest BCUT2D eigenvalue weighted by Crippen LogP contribution is 2.15. The molecule has 1 aromatic rings. The Labute approximate surface area is 111 Å². The molecule has 0 aliphatic heterocycles. The number of benzene rings is 1. The van der Waals surface area contributed by atoms with Gasteiger partial charge in [0.05, 0.1) is 4.99 Å². The molecule has 6 heteroatoms. The lowest BCUT2D eigenvalue weighted by Crippen LogP contribution is -2.33. The minimum Gasteiger partial charge on any atom is -0.481 e. The first-order valence-electron chi connectivity index (χ1n) is 5.40. The maximum Gasteiger partial charge on any atom is 0.260 e. The van der Waals surface area contributed by atoms with Gasteiger partial charge in [0, 0.05) is 20.0 Å². The summed E-state index contributed by atoms with van der Waals surface area (Å²) in [5.41, 5.74) is 5.34. The highest BCUT2D eigenvalue weighted by Gasteiger charge is 2.11. The quantitative estimate of drug-likeness (QED) is 0.793. The number of halogens is 1. The molecule has 0 aromatic heterocycles. The maximum atomic E-state index is 13.2. The molecule has 0 aliphatic carbocycles. The number of nitrogens with two attached hydrogens (primary N) is 1. The van der Waals surface area contributed by atoms with Crippen molar-refractivity contribution in [1.82, 2.24) is 4.90 Å². The minimum atomic E-state index is -0.490. The largest absolute Gasteiger partial charge is 0.481 e. The van der Waals surface area contributed by atoms with E-state index >= 15 is 0 Å². The van der Waals surface area contributed by atoms with Crippen LogP contribution >= 0.6 is 12.2 Å². The molecule has 1 aromatic carbocycles. The van der Waals surface area contributed by atoms with Crippen molar-refractivity contribution in [1.29, 1.82) is 0 Å². The molecule has 0 saturated heterocycles. The minimum absolute atomic E-state index is 0.0635. The Morgan fingerprint density at radius 2 is 2.17 bits per heavy atom. The molecular weight excluding hydrogens is 255 g/mol. The lowest BCUT2D eigenvalue weighted by molar-refractivity contribution is -0.131. The summed E-state index contributed by atoms with van der Waals surface area (Å²) in [6.45, 7) is 0.212. The number of nitrogens with zero attached hydrogens (tertiary/aromatic N) is 1. The average molecular weight is 270 g/mol. The molecule has 0 fully saturated rings. The van der Waals surface area contributed by atoms with E-state index in [1.807, 2.05) is 0 Å². The first-order chi connectivity index (χ1) is 8.50. The van der Waals surface area contributed by atoms with Crippen LogP contribution in [0.3, 0.4) is 0 Å². The predicted molar refractivity (Wildman–Crippen MR) is 70.9 cm³/mol. The van der Waals surface area contributed by atoms with Gasteiger partial charge in [-0.2, -0.15) is 0 Å². The third kappa shape index (κ3) is 4.67. The van der Waals surface area contributed by atoms with E-state index in [1.165, 1.54) is 17.0 Å². The monoisotopic (exact) mass is 270 g/mol. The van der Waals surface area contributed by atoms with Crippen molar-refractivity contribution >= 4 is 23.1 Å². The second-order valence-corrected chi connectivity index (χ2v) is 4.28. The van der Waals surface area contributed by atoms with Gasteiger partial charge < -0.3 is 15.4 Å². The molecule has 0 saturated carbocycles. The van der Waals surface area contributed by atoms with Crippen molar-refractivity contribution in [3.05, 3.63) is 30.1 Å². The van der Waals surface area contributed by atoms with Crippen molar-refractivity contribution < 1.29 is 13.9 Å². The molecule has 1 amide bonds. The molecule has 0 radical (unpaired) electrons. The lowest BCUT2D eigenvalue weighted by Gasteiger charge is -2.17. The molecular formula is C12H15FN2O2S. The number of ether oxygens (including phenoxy) is 1. The number of carbonyl (C=O) groups is 1. The van der Waals surface area contributed by atoms with Crippen LogP contribution in [0.1, 0.15) is 6.42 Å². The predicted octanol–water partition coefficient (Wildman–Crippen LogP) is 1.34. The Morgan fingerprint density at radius 1 is 1.50 bits per heavy atom. The normalized spacial score (nSPS) is 9.89.